The number of non-ortho nitro benzene ring substituents is 1. The molecule has 2 rings (SSSR count). The van der Waals surface area contributed by atoms with Crippen LogP contribution in [0.1, 0.15) is 32.3 Å². The second-order valence-corrected chi connectivity index (χ2v) is 7.11. The summed E-state index contributed by atoms with van der Waals surface area (Å²) in [6, 6.07) is 2.97. The Balaban J connectivity index is 2.09. The fraction of sp³-hybridized carbons (Fsp3) is 0.588. The SMILES string of the molecule is Cc1cc([N+](=O)[O-])cc(Cl)c1N1CCCC(CNC(=O)C(C)C)C1. The maximum atomic E-state index is 11.7. The summed E-state index contributed by atoms with van der Waals surface area (Å²) in [5.74, 6) is 0.403. The summed E-state index contributed by atoms with van der Waals surface area (Å²) >= 11 is 6.31. The van der Waals surface area contributed by atoms with Gasteiger partial charge in [-0.1, -0.05) is 25.4 Å². The lowest BCUT2D eigenvalue weighted by atomic mass is 9.96. The number of carbonyl (C=O) groups excluding carboxylic acids is 1. The third-order valence-electron chi connectivity index (χ3n) is 4.37. The molecule has 6 nitrogen and oxygen atoms in total. The molecule has 0 aliphatic carbocycles. The number of nitrogens with zero attached hydrogens (tertiary/aromatic N) is 2. The molecule has 1 aliphatic heterocycles. The predicted molar refractivity (Wildman–Crippen MR) is 95.6 cm³/mol. The molecule has 132 valence electrons. The van der Waals surface area contributed by atoms with Crippen molar-refractivity contribution in [2.75, 3.05) is 24.5 Å². The lowest BCUT2D eigenvalue weighted by molar-refractivity contribution is -0.384. The molecule has 1 amide bonds. The van der Waals surface area contributed by atoms with Crippen molar-refractivity contribution in [1.29, 1.82) is 0 Å². The quantitative estimate of drug-likeness (QED) is 0.648. The molecular formula is C17H24ClN3O3. The Morgan fingerprint density at radius 2 is 2.21 bits per heavy atom. The Labute approximate surface area is 147 Å². The number of nitro benzene ring substituents is 1. The van der Waals surface area contributed by atoms with E-state index in [1.54, 1.807) is 6.07 Å². The first-order valence-electron chi connectivity index (χ1n) is 8.26. The molecule has 0 radical (unpaired) electrons. The molecule has 1 saturated heterocycles. The smallest absolute Gasteiger partial charge is 0.271 e. The van der Waals surface area contributed by atoms with Crippen LogP contribution in [0.2, 0.25) is 5.02 Å². The summed E-state index contributed by atoms with van der Waals surface area (Å²) in [6.45, 7) is 7.91. The molecule has 0 saturated carbocycles. The van der Waals surface area contributed by atoms with Crippen LogP contribution in [0.25, 0.3) is 0 Å². The van der Waals surface area contributed by atoms with E-state index in [-0.39, 0.29) is 17.5 Å². The average Bonchev–Trinajstić information content (AvgIpc) is 2.52. The van der Waals surface area contributed by atoms with Crippen LogP contribution in [-0.4, -0.2) is 30.5 Å². The van der Waals surface area contributed by atoms with Gasteiger partial charge in [0.1, 0.15) is 0 Å². The van der Waals surface area contributed by atoms with E-state index in [9.17, 15) is 14.9 Å². The van der Waals surface area contributed by atoms with E-state index in [0.29, 0.717) is 17.5 Å². The van der Waals surface area contributed by atoms with Gasteiger partial charge in [0.15, 0.2) is 0 Å². The number of nitrogens with one attached hydrogen (secondary N) is 1. The molecule has 1 atom stereocenters. The summed E-state index contributed by atoms with van der Waals surface area (Å²) in [6.07, 6.45) is 2.06. The third kappa shape index (κ3) is 4.38. The van der Waals surface area contributed by atoms with Gasteiger partial charge in [0, 0.05) is 37.7 Å². The number of piperidine rings is 1. The van der Waals surface area contributed by atoms with Crippen molar-refractivity contribution < 1.29 is 9.72 Å². The van der Waals surface area contributed by atoms with Crippen molar-refractivity contribution in [3.05, 3.63) is 32.8 Å². The zero-order chi connectivity index (χ0) is 17.9. The van der Waals surface area contributed by atoms with Gasteiger partial charge in [0.05, 0.1) is 15.6 Å². The van der Waals surface area contributed by atoms with E-state index in [2.05, 4.69) is 10.2 Å². The number of rotatable bonds is 5. The Bertz CT molecular complexity index is 611. The van der Waals surface area contributed by atoms with Crippen LogP contribution in [0.3, 0.4) is 0 Å². The highest BCUT2D eigenvalue weighted by atomic mass is 35.5. The first kappa shape index (κ1) is 18.5. The molecule has 1 fully saturated rings. The summed E-state index contributed by atoms with van der Waals surface area (Å²) in [7, 11) is 0. The van der Waals surface area contributed by atoms with Crippen LogP contribution < -0.4 is 10.2 Å². The van der Waals surface area contributed by atoms with Crippen molar-refractivity contribution in [3.63, 3.8) is 0 Å². The zero-order valence-corrected chi connectivity index (χ0v) is 15.1. The Kier molecular flexibility index (Phi) is 6.04. The third-order valence-corrected chi connectivity index (χ3v) is 4.66. The van der Waals surface area contributed by atoms with Crippen molar-refractivity contribution in [3.8, 4) is 0 Å². The number of nitro groups is 1. The molecule has 0 bridgehead atoms. The summed E-state index contributed by atoms with van der Waals surface area (Å²) < 4.78 is 0. The number of aryl methyl sites for hydroxylation is 1. The Hall–Kier alpha value is -1.82. The monoisotopic (exact) mass is 353 g/mol. The number of amides is 1. The van der Waals surface area contributed by atoms with Crippen LogP contribution in [0.15, 0.2) is 12.1 Å². The van der Waals surface area contributed by atoms with E-state index >= 15 is 0 Å². The second-order valence-electron chi connectivity index (χ2n) is 6.70. The largest absolute Gasteiger partial charge is 0.370 e. The van der Waals surface area contributed by atoms with Crippen LogP contribution in [-0.2, 0) is 4.79 Å². The predicted octanol–water partition coefficient (Wildman–Crippen LogP) is 3.55. The van der Waals surface area contributed by atoms with Crippen molar-refractivity contribution in [2.45, 2.75) is 33.6 Å². The first-order valence-corrected chi connectivity index (χ1v) is 8.64. The molecule has 7 heteroatoms. The normalized spacial score (nSPS) is 17.9. The highest BCUT2D eigenvalue weighted by Crippen LogP contribution is 2.35. The maximum absolute atomic E-state index is 11.7. The molecule has 1 N–H and O–H groups in total. The highest BCUT2D eigenvalue weighted by Gasteiger charge is 2.25. The Morgan fingerprint density at radius 1 is 1.50 bits per heavy atom. The van der Waals surface area contributed by atoms with Crippen LogP contribution in [0, 0.1) is 28.9 Å². The average molecular weight is 354 g/mol. The van der Waals surface area contributed by atoms with E-state index in [4.69, 9.17) is 11.6 Å². The maximum Gasteiger partial charge on any atom is 0.271 e. The van der Waals surface area contributed by atoms with E-state index in [0.717, 1.165) is 37.2 Å². The molecule has 0 spiro atoms. The number of halogens is 1. The molecule has 1 aromatic carbocycles. The second kappa shape index (κ2) is 7.83. The molecule has 24 heavy (non-hydrogen) atoms. The van der Waals surface area contributed by atoms with Gasteiger partial charge in [-0.25, -0.2) is 0 Å². The van der Waals surface area contributed by atoms with Gasteiger partial charge in [0.25, 0.3) is 5.69 Å². The standard InChI is InChI=1S/C17H24ClN3O3/c1-11(2)17(22)19-9-13-5-4-6-20(10-13)16-12(3)7-14(21(23)24)8-15(16)18/h7-8,11,13H,4-6,9-10H2,1-3H3,(H,19,22). The lowest BCUT2D eigenvalue weighted by Gasteiger charge is -2.36. The summed E-state index contributed by atoms with van der Waals surface area (Å²) in [4.78, 5) is 24.4. The minimum atomic E-state index is -0.427. The highest BCUT2D eigenvalue weighted by molar-refractivity contribution is 6.33. The molecule has 1 aromatic rings. The van der Waals surface area contributed by atoms with Crippen LogP contribution >= 0.6 is 11.6 Å². The molecular weight excluding hydrogens is 330 g/mol. The molecule has 1 aliphatic rings. The number of hydrogen-bond donors (Lipinski definition) is 1. The van der Waals surface area contributed by atoms with Gasteiger partial charge in [-0.2, -0.15) is 0 Å². The van der Waals surface area contributed by atoms with Crippen LogP contribution in [0.5, 0.6) is 0 Å². The van der Waals surface area contributed by atoms with Gasteiger partial charge in [-0.05, 0) is 31.2 Å². The topological polar surface area (TPSA) is 75.5 Å². The van der Waals surface area contributed by atoms with Crippen LogP contribution in [0.4, 0.5) is 11.4 Å². The summed E-state index contributed by atoms with van der Waals surface area (Å²) in [5, 5.41) is 14.3. The van der Waals surface area contributed by atoms with E-state index in [1.807, 2.05) is 20.8 Å². The lowest BCUT2D eigenvalue weighted by Crippen LogP contribution is -2.42. The first-order chi connectivity index (χ1) is 11.3. The number of hydrogen-bond acceptors (Lipinski definition) is 4. The van der Waals surface area contributed by atoms with Crippen molar-refractivity contribution in [2.24, 2.45) is 11.8 Å². The van der Waals surface area contributed by atoms with Gasteiger partial charge in [-0.15, -0.1) is 0 Å². The minimum absolute atomic E-state index is 0.0130. The molecule has 1 heterocycles. The fourth-order valence-corrected chi connectivity index (χ4v) is 3.49. The number of benzene rings is 1. The van der Waals surface area contributed by atoms with Gasteiger partial charge in [0.2, 0.25) is 5.91 Å². The van der Waals surface area contributed by atoms with Crippen molar-refractivity contribution in [1.82, 2.24) is 5.32 Å². The number of anilines is 1. The zero-order valence-electron chi connectivity index (χ0n) is 14.3. The van der Waals surface area contributed by atoms with Gasteiger partial charge >= 0.3 is 0 Å². The minimum Gasteiger partial charge on any atom is -0.370 e. The van der Waals surface area contributed by atoms with Crippen molar-refractivity contribution >= 4 is 28.9 Å². The fourth-order valence-electron chi connectivity index (χ4n) is 3.11. The molecule has 1 unspecified atom stereocenters. The van der Waals surface area contributed by atoms with E-state index < -0.39 is 4.92 Å². The van der Waals surface area contributed by atoms with Gasteiger partial charge < -0.3 is 10.2 Å². The summed E-state index contributed by atoms with van der Waals surface area (Å²) in [5.41, 5.74) is 1.68. The van der Waals surface area contributed by atoms with Gasteiger partial charge in [-0.3, -0.25) is 14.9 Å². The molecule has 0 aromatic heterocycles. The Morgan fingerprint density at radius 3 is 2.79 bits per heavy atom. The number of carbonyl (C=O) groups is 1. The van der Waals surface area contributed by atoms with E-state index in [1.165, 1.54) is 6.07 Å².